The Kier molecular flexibility index (Phi) is 12.2. The van der Waals surface area contributed by atoms with Crippen molar-refractivity contribution < 1.29 is 43.0 Å². The van der Waals surface area contributed by atoms with Crippen molar-refractivity contribution in [1.82, 2.24) is 9.80 Å². The van der Waals surface area contributed by atoms with Crippen LogP contribution in [-0.4, -0.2) is 103 Å². The highest BCUT2D eigenvalue weighted by atomic mass is 79.9. The number of nitrogens with zero attached hydrogens (tertiary/aromatic N) is 4. The number of carboxylic acid groups (broad SMARTS) is 2. The number of rotatable bonds is 7. The largest absolute Gasteiger partial charge is 0.497 e. The van der Waals surface area contributed by atoms with E-state index in [1.54, 1.807) is 54.5 Å². The van der Waals surface area contributed by atoms with Gasteiger partial charge in [0, 0.05) is 85.8 Å². The minimum absolute atomic E-state index is 0.0148. The molecule has 2 saturated heterocycles. The zero-order chi connectivity index (χ0) is 41.2. The van der Waals surface area contributed by atoms with E-state index < -0.39 is 11.9 Å². The zero-order valence-electron chi connectivity index (χ0n) is 30.7. The quantitative estimate of drug-likeness (QED) is 0.157. The van der Waals surface area contributed by atoms with Crippen LogP contribution in [0.5, 0.6) is 5.75 Å². The number of halogens is 4. The first-order chi connectivity index (χ1) is 27.8. The molecule has 6 aromatic rings. The van der Waals surface area contributed by atoms with E-state index in [1.165, 1.54) is 12.1 Å². The van der Waals surface area contributed by atoms with Crippen LogP contribution in [0.1, 0.15) is 41.8 Å². The van der Waals surface area contributed by atoms with Crippen molar-refractivity contribution in [2.24, 2.45) is 0 Å². The van der Waals surface area contributed by atoms with Gasteiger partial charge in [0.25, 0.3) is 11.8 Å². The van der Waals surface area contributed by atoms with Crippen LogP contribution >= 0.6 is 55.1 Å². The molecule has 0 aliphatic carbocycles. The Morgan fingerprint density at radius 1 is 0.638 bits per heavy atom. The third kappa shape index (κ3) is 8.48. The van der Waals surface area contributed by atoms with E-state index in [9.17, 15) is 19.2 Å². The number of piperazine rings is 2. The molecule has 0 saturated carbocycles. The molecule has 8 rings (SSSR count). The second-order valence-corrected chi connectivity index (χ2v) is 15.8. The van der Waals surface area contributed by atoms with Gasteiger partial charge in [-0.05, 0) is 92.5 Å². The van der Waals surface area contributed by atoms with Gasteiger partial charge in [0.05, 0.1) is 38.0 Å². The molecule has 0 radical (unpaired) electrons. The summed E-state index contributed by atoms with van der Waals surface area (Å²) in [5, 5.41) is 20.5. The van der Waals surface area contributed by atoms with Gasteiger partial charge in [0.2, 0.25) is 11.5 Å². The topological polar surface area (TPSA) is 157 Å². The highest BCUT2D eigenvalue weighted by Crippen LogP contribution is 2.38. The van der Waals surface area contributed by atoms with E-state index in [0.717, 1.165) is 25.7 Å². The van der Waals surface area contributed by atoms with Crippen LogP contribution in [0.15, 0.2) is 96.6 Å². The van der Waals surface area contributed by atoms with Crippen molar-refractivity contribution >= 4 is 112 Å². The maximum absolute atomic E-state index is 12.8. The maximum atomic E-state index is 12.8. The number of amides is 2. The average molecular weight is 957 g/mol. The molecule has 0 unspecified atom stereocenters. The first-order valence-electron chi connectivity index (χ1n) is 17.9. The Morgan fingerprint density at radius 3 is 1.62 bits per heavy atom. The van der Waals surface area contributed by atoms with Gasteiger partial charge < -0.3 is 43.4 Å². The fourth-order valence-electron chi connectivity index (χ4n) is 6.90. The van der Waals surface area contributed by atoms with E-state index in [0.29, 0.717) is 95.8 Å². The van der Waals surface area contributed by atoms with Crippen molar-refractivity contribution in [3.05, 3.63) is 121 Å². The summed E-state index contributed by atoms with van der Waals surface area (Å²) in [4.78, 5) is 55.8. The second kappa shape index (κ2) is 17.3. The van der Waals surface area contributed by atoms with E-state index in [-0.39, 0.29) is 23.3 Å². The summed E-state index contributed by atoms with van der Waals surface area (Å²) in [6.45, 7) is 4.82. The SMILES string of the molecule is COc1cccc(C(=O)N2CCN(c3ccc4oc(C(=O)O)cc4c3Br)CC2)c1.O=C(O)c1cc2c(Br)c(N3CCN(C(=O)c4cc(Cl)ccc4Cl)CC3)ccc2o1. The third-order valence-electron chi connectivity index (χ3n) is 9.94. The first-order valence-corrected chi connectivity index (χ1v) is 20.3. The number of aromatic carboxylic acids is 2. The Labute approximate surface area is 358 Å². The minimum atomic E-state index is -1.11. The molecule has 13 nitrogen and oxygen atoms in total. The first kappa shape index (κ1) is 41.0. The lowest BCUT2D eigenvalue weighted by molar-refractivity contribution is 0.0655. The van der Waals surface area contributed by atoms with Crippen molar-refractivity contribution in [2.45, 2.75) is 0 Å². The standard InChI is InChI=1S/C21H19BrN2O5.C20H15BrCl2N2O4/c1-28-14-4-2-3-13(11-14)20(25)24-9-7-23(8-10-24)16-5-6-17-15(19(16)22)12-18(29-17)21(26)27;21-18-13-10-17(20(27)28)29-16(13)4-3-15(18)24-5-7-25(8-6-24)19(26)12-9-11(22)1-2-14(12)23/h2-6,11-12H,7-10H2,1H3,(H,26,27);1-4,9-10H,5-8H2,(H,27,28). The molecule has 58 heavy (non-hydrogen) atoms. The Bertz CT molecular complexity index is 2560. The summed E-state index contributed by atoms with van der Waals surface area (Å²) < 4.78 is 17.5. The molecule has 300 valence electrons. The van der Waals surface area contributed by atoms with E-state index >= 15 is 0 Å². The van der Waals surface area contributed by atoms with Gasteiger partial charge in [0.1, 0.15) is 16.9 Å². The molecule has 2 N–H and O–H groups in total. The van der Waals surface area contributed by atoms with Gasteiger partial charge in [-0.1, -0.05) is 29.3 Å². The minimum Gasteiger partial charge on any atom is -0.497 e. The monoisotopic (exact) mass is 954 g/mol. The summed E-state index contributed by atoms with van der Waals surface area (Å²) in [5.74, 6) is -1.90. The summed E-state index contributed by atoms with van der Waals surface area (Å²) in [7, 11) is 1.58. The fourth-order valence-corrected chi connectivity index (χ4v) is 8.66. The Morgan fingerprint density at radius 2 is 1.14 bits per heavy atom. The van der Waals surface area contributed by atoms with Crippen LogP contribution in [0, 0.1) is 0 Å². The van der Waals surface area contributed by atoms with E-state index in [4.69, 9.17) is 47.0 Å². The number of carbonyl (C=O) groups is 4. The lowest BCUT2D eigenvalue weighted by atomic mass is 10.1. The molecule has 17 heteroatoms. The summed E-state index contributed by atoms with van der Waals surface area (Å²) >= 11 is 19.3. The lowest BCUT2D eigenvalue weighted by Crippen LogP contribution is -2.49. The van der Waals surface area contributed by atoms with Crippen LogP contribution < -0.4 is 14.5 Å². The number of anilines is 2. The summed E-state index contributed by atoms with van der Waals surface area (Å²) in [6.07, 6.45) is 0. The number of hydrogen-bond acceptors (Lipinski definition) is 9. The molecule has 0 spiro atoms. The highest BCUT2D eigenvalue weighted by Gasteiger charge is 2.27. The molecule has 2 aliphatic heterocycles. The van der Waals surface area contributed by atoms with E-state index in [1.807, 2.05) is 29.2 Å². The molecule has 0 atom stereocenters. The molecule has 2 fully saturated rings. The molecular formula is C41H34Br2Cl2N4O9. The average Bonchev–Trinajstić information content (AvgIpc) is 3.89. The molecule has 4 aromatic carbocycles. The Balaban J connectivity index is 0.000000177. The smallest absolute Gasteiger partial charge is 0.371 e. The van der Waals surface area contributed by atoms with Gasteiger partial charge in [-0.25, -0.2) is 9.59 Å². The van der Waals surface area contributed by atoms with Gasteiger partial charge in [-0.3, -0.25) is 9.59 Å². The molecular weight excluding hydrogens is 923 g/mol. The summed E-state index contributed by atoms with van der Waals surface area (Å²) in [6, 6.07) is 22.4. The number of carbonyl (C=O) groups excluding carboxylic acids is 2. The number of benzene rings is 4. The Hall–Kier alpha value is -5.22. The number of fused-ring (bicyclic) bond motifs is 2. The van der Waals surface area contributed by atoms with Crippen LogP contribution in [-0.2, 0) is 0 Å². The van der Waals surface area contributed by atoms with Gasteiger partial charge in [-0.2, -0.15) is 0 Å². The van der Waals surface area contributed by atoms with Crippen molar-refractivity contribution in [2.75, 3.05) is 69.3 Å². The third-order valence-corrected chi connectivity index (χ3v) is 12.2. The number of methoxy groups -OCH3 is 1. The van der Waals surface area contributed by atoms with Gasteiger partial charge in [0.15, 0.2) is 0 Å². The van der Waals surface area contributed by atoms with Crippen LogP contribution in [0.4, 0.5) is 11.4 Å². The predicted octanol–water partition coefficient (Wildman–Crippen LogP) is 9.03. The highest BCUT2D eigenvalue weighted by molar-refractivity contribution is 9.11. The van der Waals surface area contributed by atoms with Crippen LogP contribution in [0.25, 0.3) is 21.9 Å². The normalized spacial score (nSPS) is 14.4. The number of ether oxygens (including phenoxy) is 1. The van der Waals surface area contributed by atoms with Crippen LogP contribution in [0.3, 0.4) is 0 Å². The maximum Gasteiger partial charge on any atom is 0.371 e. The van der Waals surface area contributed by atoms with Crippen molar-refractivity contribution in [3.8, 4) is 5.75 Å². The predicted molar refractivity (Wildman–Crippen MR) is 227 cm³/mol. The van der Waals surface area contributed by atoms with E-state index in [2.05, 4.69) is 41.7 Å². The number of furan rings is 2. The number of carboxylic acids is 2. The molecule has 2 aliphatic rings. The molecule has 0 bridgehead atoms. The zero-order valence-corrected chi connectivity index (χ0v) is 35.4. The van der Waals surface area contributed by atoms with Gasteiger partial charge in [-0.15, -0.1) is 0 Å². The fraction of sp³-hybridized carbons (Fsp3) is 0.220. The van der Waals surface area contributed by atoms with Gasteiger partial charge >= 0.3 is 11.9 Å². The van der Waals surface area contributed by atoms with Crippen molar-refractivity contribution in [3.63, 3.8) is 0 Å². The summed E-state index contributed by atoms with van der Waals surface area (Å²) in [5.41, 5.74) is 3.90. The second-order valence-electron chi connectivity index (χ2n) is 13.4. The van der Waals surface area contributed by atoms with Crippen molar-refractivity contribution in [1.29, 1.82) is 0 Å². The molecule has 2 aromatic heterocycles. The van der Waals surface area contributed by atoms with Crippen LogP contribution in [0.2, 0.25) is 10.0 Å². The lowest BCUT2D eigenvalue weighted by Gasteiger charge is -2.36. The number of hydrogen-bond donors (Lipinski definition) is 2. The molecule has 4 heterocycles. The molecule has 2 amide bonds.